The molecule has 0 fully saturated rings. The second-order valence-corrected chi connectivity index (χ2v) is 6.25. The molecular weight excluding hydrogens is 342 g/mol. The fourth-order valence-corrected chi connectivity index (χ4v) is 3.61. The Labute approximate surface area is 148 Å². The number of hydrogen-bond acceptors (Lipinski definition) is 5. The number of carbonyl (C=O) groups is 1. The first-order valence-electron chi connectivity index (χ1n) is 7.40. The van der Waals surface area contributed by atoms with Gasteiger partial charge in [0.05, 0.1) is 31.7 Å². The van der Waals surface area contributed by atoms with Crippen LogP contribution in [-0.2, 0) is 0 Å². The molecule has 0 amide bonds. The molecule has 0 saturated carbocycles. The number of methoxy groups -OCH3 is 3. The Balaban J connectivity index is 2.16. The van der Waals surface area contributed by atoms with E-state index in [-0.39, 0.29) is 5.69 Å². The van der Waals surface area contributed by atoms with Crippen LogP contribution in [0.15, 0.2) is 46.2 Å². The first-order valence-corrected chi connectivity index (χ1v) is 8.22. The summed E-state index contributed by atoms with van der Waals surface area (Å²) in [5.74, 6) is 0.755. The first kappa shape index (κ1) is 17.0. The molecule has 0 aliphatic heterocycles. The fourth-order valence-electron chi connectivity index (χ4n) is 2.54. The van der Waals surface area contributed by atoms with E-state index >= 15 is 0 Å². The van der Waals surface area contributed by atoms with E-state index < -0.39 is 5.97 Å². The third-order valence-corrected chi connectivity index (χ3v) is 4.85. The molecule has 7 heteroatoms. The summed E-state index contributed by atoms with van der Waals surface area (Å²) in [5, 5.41) is 10.3. The van der Waals surface area contributed by atoms with Crippen molar-refractivity contribution in [2.45, 2.75) is 9.79 Å². The standard InChI is InChI=1S/C18H17NO5S/c1-22-10-5-4-6-11(7-10)25-17-12-8-14(23-2)15(24-3)9-13(12)19-16(17)18(20)21/h4-9,19H,1-3H3,(H,20,21). The highest BCUT2D eigenvalue weighted by molar-refractivity contribution is 7.99. The number of aromatic amines is 1. The van der Waals surface area contributed by atoms with E-state index in [9.17, 15) is 9.90 Å². The number of fused-ring (bicyclic) bond motifs is 1. The van der Waals surface area contributed by atoms with Gasteiger partial charge in [0.25, 0.3) is 0 Å². The van der Waals surface area contributed by atoms with Crippen LogP contribution >= 0.6 is 11.8 Å². The molecule has 6 nitrogen and oxygen atoms in total. The number of nitrogens with one attached hydrogen (secondary N) is 1. The lowest BCUT2D eigenvalue weighted by Gasteiger charge is -2.08. The minimum Gasteiger partial charge on any atom is -0.497 e. The van der Waals surface area contributed by atoms with Crippen LogP contribution in [0.1, 0.15) is 10.5 Å². The van der Waals surface area contributed by atoms with Gasteiger partial charge in [0.15, 0.2) is 11.5 Å². The summed E-state index contributed by atoms with van der Waals surface area (Å²) in [4.78, 5) is 16.1. The molecule has 0 aliphatic rings. The minimum absolute atomic E-state index is 0.123. The number of aromatic carboxylic acids is 1. The van der Waals surface area contributed by atoms with Crippen LogP contribution < -0.4 is 14.2 Å². The lowest BCUT2D eigenvalue weighted by Crippen LogP contribution is -1.97. The zero-order valence-electron chi connectivity index (χ0n) is 14.0. The lowest BCUT2D eigenvalue weighted by molar-refractivity contribution is 0.0688. The van der Waals surface area contributed by atoms with E-state index in [0.29, 0.717) is 27.7 Å². The van der Waals surface area contributed by atoms with E-state index in [1.807, 2.05) is 24.3 Å². The number of rotatable bonds is 6. The van der Waals surface area contributed by atoms with Gasteiger partial charge in [0, 0.05) is 16.3 Å². The predicted octanol–water partition coefficient (Wildman–Crippen LogP) is 4.04. The maximum atomic E-state index is 11.7. The molecule has 3 aromatic rings. The van der Waals surface area contributed by atoms with Crippen LogP contribution in [0.25, 0.3) is 10.9 Å². The normalized spacial score (nSPS) is 10.7. The van der Waals surface area contributed by atoms with Crippen LogP contribution in [0.4, 0.5) is 0 Å². The van der Waals surface area contributed by atoms with Crippen molar-refractivity contribution < 1.29 is 24.1 Å². The van der Waals surface area contributed by atoms with Gasteiger partial charge < -0.3 is 24.3 Å². The van der Waals surface area contributed by atoms with Crippen LogP contribution in [0.3, 0.4) is 0 Å². The quantitative estimate of drug-likeness (QED) is 0.691. The Morgan fingerprint density at radius 1 is 1.04 bits per heavy atom. The molecule has 0 bridgehead atoms. The van der Waals surface area contributed by atoms with Gasteiger partial charge in [-0.05, 0) is 24.3 Å². The van der Waals surface area contributed by atoms with Gasteiger partial charge in [0.1, 0.15) is 11.4 Å². The van der Waals surface area contributed by atoms with Crippen molar-refractivity contribution in [3.63, 3.8) is 0 Å². The molecule has 0 aliphatic carbocycles. The Hall–Kier alpha value is -2.80. The molecule has 0 atom stereocenters. The molecule has 1 aromatic heterocycles. The average molecular weight is 359 g/mol. The van der Waals surface area contributed by atoms with Crippen molar-refractivity contribution in [1.82, 2.24) is 4.98 Å². The Morgan fingerprint density at radius 3 is 2.40 bits per heavy atom. The Bertz CT molecular complexity index is 935. The number of carboxylic acid groups (broad SMARTS) is 1. The SMILES string of the molecule is COc1cccc(Sc2c(C(=O)O)[nH]c3cc(OC)c(OC)cc23)c1. The van der Waals surface area contributed by atoms with Gasteiger partial charge >= 0.3 is 5.97 Å². The highest BCUT2D eigenvalue weighted by atomic mass is 32.2. The molecule has 1 heterocycles. The van der Waals surface area contributed by atoms with Crippen LogP contribution in [-0.4, -0.2) is 37.4 Å². The zero-order valence-corrected chi connectivity index (χ0v) is 14.8. The average Bonchev–Trinajstić information content (AvgIpc) is 2.98. The predicted molar refractivity (Wildman–Crippen MR) is 95.5 cm³/mol. The third-order valence-electron chi connectivity index (χ3n) is 3.73. The molecule has 0 spiro atoms. The number of benzene rings is 2. The maximum Gasteiger partial charge on any atom is 0.353 e. The number of hydrogen-bond donors (Lipinski definition) is 2. The molecular formula is C18H17NO5S. The molecule has 2 N–H and O–H groups in total. The number of ether oxygens (including phenoxy) is 3. The summed E-state index contributed by atoms with van der Waals surface area (Å²) in [5.41, 5.74) is 0.790. The van der Waals surface area contributed by atoms with Gasteiger partial charge in [-0.25, -0.2) is 4.79 Å². The van der Waals surface area contributed by atoms with Gasteiger partial charge in [-0.3, -0.25) is 0 Å². The summed E-state index contributed by atoms with van der Waals surface area (Å²) in [6.45, 7) is 0. The van der Waals surface area contributed by atoms with Crippen molar-refractivity contribution in [3.05, 3.63) is 42.1 Å². The second kappa shape index (κ2) is 6.98. The smallest absolute Gasteiger partial charge is 0.353 e. The van der Waals surface area contributed by atoms with Crippen molar-refractivity contribution in [1.29, 1.82) is 0 Å². The number of aromatic nitrogens is 1. The van der Waals surface area contributed by atoms with Crippen LogP contribution in [0.5, 0.6) is 17.2 Å². The minimum atomic E-state index is -1.03. The highest BCUT2D eigenvalue weighted by Crippen LogP contribution is 2.41. The fraction of sp³-hybridized carbons (Fsp3) is 0.167. The van der Waals surface area contributed by atoms with E-state index in [0.717, 1.165) is 10.3 Å². The van der Waals surface area contributed by atoms with E-state index in [1.54, 1.807) is 26.4 Å². The number of carboxylic acids is 1. The van der Waals surface area contributed by atoms with E-state index in [2.05, 4.69) is 4.98 Å². The van der Waals surface area contributed by atoms with Crippen LogP contribution in [0.2, 0.25) is 0 Å². The summed E-state index contributed by atoms with van der Waals surface area (Å²) in [7, 11) is 4.68. The van der Waals surface area contributed by atoms with Crippen molar-refractivity contribution in [3.8, 4) is 17.2 Å². The Morgan fingerprint density at radius 2 is 1.76 bits per heavy atom. The molecule has 0 saturated heterocycles. The van der Waals surface area contributed by atoms with Crippen molar-refractivity contribution in [2.24, 2.45) is 0 Å². The summed E-state index contributed by atoms with van der Waals surface area (Å²) in [6.07, 6.45) is 0. The Kier molecular flexibility index (Phi) is 4.76. The van der Waals surface area contributed by atoms with E-state index in [1.165, 1.54) is 18.9 Å². The van der Waals surface area contributed by atoms with Gasteiger partial charge in [-0.1, -0.05) is 17.8 Å². The first-order chi connectivity index (χ1) is 12.1. The van der Waals surface area contributed by atoms with Crippen molar-refractivity contribution in [2.75, 3.05) is 21.3 Å². The van der Waals surface area contributed by atoms with E-state index in [4.69, 9.17) is 14.2 Å². The summed E-state index contributed by atoms with van der Waals surface area (Å²) >= 11 is 1.35. The van der Waals surface area contributed by atoms with Gasteiger partial charge in [0.2, 0.25) is 0 Å². The molecule has 2 aromatic carbocycles. The number of H-pyrrole nitrogens is 1. The second-order valence-electron chi connectivity index (χ2n) is 5.17. The van der Waals surface area contributed by atoms with Crippen molar-refractivity contribution >= 4 is 28.6 Å². The maximum absolute atomic E-state index is 11.7. The van der Waals surface area contributed by atoms with Gasteiger partial charge in [-0.2, -0.15) is 0 Å². The molecule has 3 rings (SSSR count). The zero-order chi connectivity index (χ0) is 18.0. The monoisotopic (exact) mass is 359 g/mol. The van der Waals surface area contributed by atoms with Crippen LogP contribution in [0, 0.1) is 0 Å². The summed E-state index contributed by atoms with van der Waals surface area (Å²) < 4.78 is 15.9. The largest absolute Gasteiger partial charge is 0.497 e. The highest BCUT2D eigenvalue weighted by Gasteiger charge is 2.20. The molecule has 0 unspecified atom stereocenters. The topological polar surface area (TPSA) is 80.8 Å². The molecule has 130 valence electrons. The van der Waals surface area contributed by atoms with Gasteiger partial charge in [-0.15, -0.1) is 0 Å². The third kappa shape index (κ3) is 3.23. The summed E-state index contributed by atoms with van der Waals surface area (Å²) in [6, 6.07) is 11.0. The molecule has 25 heavy (non-hydrogen) atoms. The lowest BCUT2D eigenvalue weighted by atomic mass is 10.2. The molecule has 0 radical (unpaired) electrons.